The van der Waals surface area contributed by atoms with Crippen molar-refractivity contribution in [1.29, 1.82) is 0 Å². The van der Waals surface area contributed by atoms with E-state index in [1.807, 2.05) is 0 Å². The Hall–Kier alpha value is -1.43. The second-order valence-electron chi connectivity index (χ2n) is 8.30. The molecule has 1 aromatic rings. The van der Waals surface area contributed by atoms with E-state index in [2.05, 4.69) is 53.6 Å². The van der Waals surface area contributed by atoms with Gasteiger partial charge in [0.05, 0.1) is 12.7 Å². The topological polar surface area (TPSA) is 53.6 Å². The highest BCUT2D eigenvalue weighted by Gasteiger charge is 2.22. The second-order valence-corrected chi connectivity index (χ2v) is 8.30. The summed E-state index contributed by atoms with van der Waals surface area (Å²) < 4.78 is 5.62. The largest absolute Gasteiger partial charge is 0.376 e. The minimum atomic E-state index is 0.167. The highest BCUT2D eigenvalue weighted by molar-refractivity contribution is 5.76. The number of hydrogen-bond acceptors (Lipinski definition) is 4. The molecule has 0 spiro atoms. The van der Waals surface area contributed by atoms with E-state index in [4.69, 9.17) is 4.74 Å². The summed E-state index contributed by atoms with van der Waals surface area (Å²) in [5.41, 5.74) is 2.48. The maximum atomic E-state index is 12.4. The van der Waals surface area contributed by atoms with Crippen LogP contribution >= 0.6 is 0 Å². The maximum absolute atomic E-state index is 12.4. The summed E-state index contributed by atoms with van der Waals surface area (Å²) in [6, 6.07) is 8.58. The van der Waals surface area contributed by atoms with Crippen LogP contribution in [0.25, 0.3) is 0 Å². The molecule has 2 aliphatic rings. The molecule has 0 aliphatic carbocycles. The van der Waals surface area contributed by atoms with Gasteiger partial charge in [0, 0.05) is 32.6 Å². The first kappa shape index (κ1) is 20.3. The molecule has 5 heteroatoms. The lowest BCUT2D eigenvalue weighted by molar-refractivity contribution is -0.122. The van der Waals surface area contributed by atoms with Crippen molar-refractivity contribution in [1.82, 2.24) is 15.5 Å². The van der Waals surface area contributed by atoms with Crippen LogP contribution in [-0.4, -0.2) is 49.7 Å². The van der Waals surface area contributed by atoms with Crippen LogP contribution < -0.4 is 10.6 Å². The fourth-order valence-corrected chi connectivity index (χ4v) is 4.23. The highest BCUT2D eigenvalue weighted by atomic mass is 16.5. The van der Waals surface area contributed by atoms with Crippen molar-refractivity contribution in [3.8, 4) is 0 Å². The van der Waals surface area contributed by atoms with Gasteiger partial charge in [0.1, 0.15) is 0 Å². The average molecular weight is 374 g/mol. The number of piperidine rings is 1. The Kier molecular flexibility index (Phi) is 7.68. The second kappa shape index (κ2) is 10.2. The zero-order valence-electron chi connectivity index (χ0n) is 16.9. The summed E-state index contributed by atoms with van der Waals surface area (Å²) in [5.74, 6) is 1.23. The first-order valence-electron chi connectivity index (χ1n) is 10.5. The number of rotatable bonds is 7. The molecular formula is C22H35N3O2. The number of nitrogens with zero attached hydrogens (tertiary/aromatic N) is 1. The third kappa shape index (κ3) is 6.59. The van der Waals surface area contributed by atoms with Crippen molar-refractivity contribution in [3.63, 3.8) is 0 Å². The Labute approximate surface area is 163 Å². The monoisotopic (exact) mass is 373 g/mol. The molecule has 0 saturated carbocycles. The molecule has 0 aromatic heterocycles. The van der Waals surface area contributed by atoms with E-state index in [9.17, 15) is 4.79 Å². The van der Waals surface area contributed by atoms with Crippen molar-refractivity contribution in [2.45, 2.75) is 52.3 Å². The SMILES string of the molecule is CC1CN(Cc2cccc(CNC(=O)CC(C)C3CCCNC3)c2)CCO1. The van der Waals surface area contributed by atoms with E-state index in [0.29, 0.717) is 30.9 Å². The third-order valence-electron chi connectivity index (χ3n) is 5.86. The molecule has 2 aliphatic heterocycles. The number of benzene rings is 1. The first-order valence-corrected chi connectivity index (χ1v) is 10.5. The van der Waals surface area contributed by atoms with Gasteiger partial charge in [-0.1, -0.05) is 31.2 Å². The number of carbonyl (C=O) groups excluding carboxylic acids is 1. The van der Waals surface area contributed by atoms with Crippen LogP contribution in [0.15, 0.2) is 24.3 Å². The number of morpholine rings is 1. The Bertz CT molecular complexity index is 601. The number of amides is 1. The Morgan fingerprint density at radius 3 is 3.04 bits per heavy atom. The molecule has 2 fully saturated rings. The highest BCUT2D eigenvalue weighted by Crippen LogP contribution is 2.22. The van der Waals surface area contributed by atoms with E-state index in [1.165, 1.54) is 24.0 Å². The third-order valence-corrected chi connectivity index (χ3v) is 5.86. The Balaban J connectivity index is 1.44. The van der Waals surface area contributed by atoms with Crippen molar-refractivity contribution in [3.05, 3.63) is 35.4 Å². The van der Waals surface area contributed by atoms with E-state index < -0.39 is 0 Å². The quantitative estimate of drug-likeness (QED) is 0.771. The normalized spacial score (nSPS) is 25.1. The van der Waals surface area contributed by atoms with Gasteiger partial charge >= 0.3 is 0 Å². The molecule has 0 radical (unpaired) electrons. The van der Waals surface area contributed by atoms with Gasteiger partial charge in [0.15, 0.2) is 0 Å². The lowest BCUT2D eigenvalue weighted by Crippen LogP contribution is -2.40. The van der Waals surface area contributed by atoms with E-state index in [1.54, 1.807) is 0 Å². The zero-order chi connectivity index (χ0) is 19.1. The fourth-order valence-electron chi connectivity index (χ4n) is 4.23. The molecule has 1 aromatic carbocycles. The van der Waals surface area contributed by atoms with Crippen LogP contribution in [0.1, 0.15) is 44.2 Å². The number of hydrogen-bond donors (Lipinski definition) is 2. The van der Waals surface area contributed by atoms with E-state index in [-0.39, 0.29) is 5.91 Å². The van der Waals surface area contributed by atoms with Gasteiger partial charge in [-0.3, -0.25) is 9.69 Å². The van der Waals surface area contributed by atoms with Gasteiger partial charge in [-0.25, -0.2) is 0 Å². The Morgan fingerprint density at radius 1 is 1.41 bits per heavy atom. The number of nitrogens with one attached hydrogen (secondary N) is 2. The summed E-state index contributed by atoms with van der Waals surface area (Å²) in [5, 5.41) is 6.56. The van der Waals surface area contributed by atoms with Crippen molar-refractivity contribution in [2.24, 2.45) is 11.8 Å². The molecule has 27 heavy (non-hydrogen) atoms. The molecule has 5 nitrogen and oxygen atoms in total. The van der Waals surface area contributed by atoms with Gasteiger partial charge in [-0.2, -0.15) is 0 Å². The van der Waals surface area contributed by atoms with E-state index >= 15 is 0 Å². The smallest absolute Gasteiger partial charge is 0.220 e. The molecule has 0 bridgehead atoms. The Morgan fingerprint density at radius 2 is 2.26 bits per heavy atom. The predicted octanol–water partition coefficient (Wildman–Crippen LogP) is 2.55. The molecule has 3 atom stereocenters. The summed E-state index contributed by atoms with van der Waals surface area (Å²) in [6.07, 6.45) is 3.40. The van der Waals surface area contributed by atoms with Gasteiger partial charge in [-0.05, 0) is 55.8 Å². The predicted molar refractivity (Wildman–Crippen MR) is 108 cm³/mol. The van der Waals surface area contributed by atoms with Gasteiger partial charge in [-0.15, -0.1) is 0 Å². The van der Waals surface area contributed by atoms with Crippen LogP contribution in [0, 0.1) is 11.8 Å². The van der Waals surface area contributed by atoms with Crippen molar-refractivity contribution < 1.29 is 9.53 Å². The molecule has 2 N–H and O–H groups in total. The van der Waals surface area contributed by atoms with E-state index in [0.717, 1.165) is 39.3 Å². The zero-order valence-corrected chi connectivity index (χ0v) is 16.9. The van der Waals surface area contributed by atoms with Gasteiger partial charge in [0.25, 0.3) is 0 Å². The lowest BCUT2D eigenvalue weighted by Gasteiger charge is -2.31. The van der Waals surface area contributed by atoms with Crippen LogP contribution in [-0.2, 0) is 22.6 Å². The van der Waals surface area contributed by atoms with Crippen LogP contribution in [0.5, 0.6) is 0 Å². The van der Waals surface area contributed by atoms with Crippen LogP contribution in [0.4, 0.5) is 0 Å². The molecule has 3 unspecified atom stereocenters. The van der Waals surface area contributed by atoms with Crippen LogP contribution in [0.3, 0.4) is 0 Å². The summed E-state index contributed by atoms with van der Waals surface area (Å²) >= 11 is 0. The number of ether oxygens (including phenoxy) is 1. The summed E-state index contributed by atoms with van der Waals surface area (Å²) in [6.45, 7) is 10.8. The lowest BCUT2D eigenvalue weighted by atomic mass is 9.85. The average Bonchev–Trinajstić information content (AvgIpc) is 2.67. The minimum Gasteiger partial charge on any atom is -0.376 e. The fraction of sp³-hybridized carbons (Fsp3) is 0.682. The molecular weight excluding hydrogens is 338 g/mol. The van der Waals surface area contributed by atoms with Crippen LogP contribution in [0.2, 0.25) is 0 Å². The van der Waals surface area contributed by atoms with Crippen molar-refractivity contribution >= 4 is 5.91 Å². The summed E-state index contributed by atoms with van der Waals surface area (Å²) in [4.78, 5) is 14.8. The molecule has 1 amide bonds. The number of carbonyl (C=O) groups is 1. The van der Waals surface area contributed by atoms with Gasteiger partial charge in [0.2, 0.25) is 5.91 Å². The minimum absolute atomic E-state index is 0.167. The molecule has 150 valence electrons. The van der Waals surface area contributed by atoms with Gasteiger partial charge < -0.3 is 15.4 Å². The summed E-state index contributed by atoms with van der Waals surface area (Å²) in [7, 11) is 0. The standard InChI is InChI=1S/C22H35N3O2/c1-17(21-7-4-8-23-14-21)11-22(26)24-13-19-5-3-6-20(12-19)16-25-9-10-27-18(2)15-25/h3,5-6,12,17-18,21,23H,4,7-11,13-16H2,1-2H3,(H,24,26). The van der Waals surface area contributed by atoms with Crippen molar-refractivity contribution in [2.75, 3.05) is 32.8 Å². The first-order chi connectivity index (χ1) is 13.1. The molecule has 3 rings (SSSR count). The molecule has 2 heterocycles. The maximum Gasteiger partial charge on any atom is 0.220 e. The molecule has 2 saturated heterocycles.